The van der Waals surface area contributed by atoms with Gasteiger partial charge in [0.2, 0.25) is 11.8 Å². The summed E-state index contributed by atoms with van der Waals surface area (Å²) in [6, 6.07) is 6.67. The highest BCUT2D eigenvalue weighted by molar-refractivity contribution is 7.99. The van der Waals surface area contributed by atoms with Crippen molar-refractivity contribution in [3.05, 3.63) is 45.1 Å². The second kappa shape index (κ2) is 8.80. The van der Waals surface area contributed by atoms with Gasteiger partial charge in [-0.1, -0.05) is 11.8 Å². The summed E-state index contributed by atoms with van der Waals surface area (Å²) in [5.74, 6) is -0.354. The zero-order chi connectivity index (χ0) is 22.9. The number of rotatable bonds is 6. The fourth-order valence-electron chi connectivity index (χ4n) is 3.14. The van der Waals surface area contributed by atoms with Crippen molar-refractivity contribution < 1.29 is 9.59 Å². The molecule has 1 aromatic carbocycles. The summed E-state index contributed by atoms with van der Waals surface area (Å²) in [6.45, 7) is 5.24. The third kappa shape index (κ3) is 4.55. The Morgan fingerprint density at radius 3 is 2.16 bits per heavy atom. The van der Waals surface area contributed by atoms with Crippen LogP contribution in [0.25, 0.3) is 11.2 Å². The van der Waals surface area contributed by atoms with Crippen LogP contribution in [-0.2, 0) is 23.7 Å². The number of thioether (sulfide) groups is 1. The monoisotopic (exact) mass is 444 g/mol. The lowest BCUT2D eigenvalue weighted by molar-refractivity contribution is -0.114. The van der Waals surface area contributed by atoms with Crippen molar-refractivity contribution in [1.82, 2.24) is 18.7 Å². The molecule has 164 valence electrons. The van der Waals surface area contributed by atoms with Crippen LogP contribution in [-0.4, -0.2) is 36.3 Å². The topological polar surface area (TPSA) is 120 Å². The van der Waals surface area contributed by atoms with Gasteiger partial charge in [-0.3, -0.25) is 23.5 Å². The molecule has 0 bridgehead atoms. The van der Waals surface area contributed by atoms with Crippen molar-refractivity contribution in [2.75, 3.05) is 16.4 Å². The van der Waals surface area contributed by atoms with Crippen LogP contribution in [0.1, 0.15) is 26.8 Å². The van der Waals surface area contributed by atoms with Gasteiger partial charge in [0.25, 0.3) is 5.56 Å². The molecule has 11 heteroatoms. The Bertz CT molecular complexity index is 1270. The number of nitrogens with one attached hydrogen (secondary N) is 2. The minimum absolute atomic E-state index is 0.0672. The first kappa shape index (κ1) is 22.3. The number of aryl methyl sites for hydroxylation is 1. The van der Waals surface area contributed by atoms with E-state index in [1.54, 1.807) is 35.9 Å². The molecule has 0 atom stereocenters. The molecule has 0 fully saturated rings. The van der Waals surface area contributed by atoms with E-state index in [-0.39, 0.29) is 23.6 Å². The van der Waals surface area contributed by atoms with Gasteiger partial charge >= 0.3 is 5.69 Å². The number of nitrogens with zero attached hydrogens (tertiary/aromatic N) is 4. The number of fused-ring (bicyclic) bond motifs is 1. The third-order valence-corrected chi connectivity index (χ3v) is 5.55. The highest BCUT2D eigenvalue weighted by atomic mass is 32.2. The van der Waals surface area contributed by atoms with E-state index in [2.05, 4.69) is 15.6 Å². The van der Waals surface area contributed by atoms with Gasteiger partial charge in [0, 0.05) is 38.4 Å². The average Bonchev–Trinajstić information content (AvgIpc) is 3.10. The maximum absolute atomic E-state index is 12.7. The molecule has 0 radical (unpaired) electrons. The first-order valence-corrected chi connectivity index (χ1v) is 10.6. The molecule has 3 rings (SSSR count). The van der Waals surface area contributed by atoms with Gasteiger partial charge in [-0.2, -0.15) is 0 Å². The number of aromatic nitrogens is 4. The van der Waals surface area contributed by atoms with Gasteiger partial charge in [0.15, 0.2) is 16.3 Å². The van der Waals surface area contributed by atoms with E-state index in [0.717, 1.165) is 4.57 Å². The third-order valence-electron chi connectivity index (χ3n) is 4.60. The summed E-state index contributed by atoms with van der Waals surface area (Å²) in [5.41, 5.74) is 0.971. The Morgan fingerprint density at radius 2 is 1.61 bits per heavy atom. The Kier molecular flexibility index (Phi) is 6.34. The number of hydrogen-bond donors (Lipinski definition) is 2. The van der Waals surface area contributed by atoms with Gasteiger partial charge < -0.3 is 15.2 Å². The van der Waals surface area contributed by atoms with Gasteiger partial charge in [-0.25, -0.2) is 9.78 Å². The van der Waals surface area contributed by atoms with Crippen LogP contribution < -0.4 is 21.9 Å². The molecule has 0 unspecified atom stereocenters. The summed E-state index contributed by atoms with van der Waals surface area (Å²) in [4.78, 5) is 52.9. The quantitative estimate of drug-likeness (QED) is 0.559. The maximum atomic E-state index is 12.7. The first-order chi connectivity index (χ1) is 14.6. The number of imidazole rings is 1. The van der Waals surface area contributed by atoms with Crippen molar-refractivity contribution in [3.63, 3.8) is 0 Å². The van der Waals surface area contributed by atoms with Gasteiger partial charge in [-0.15, -0.1) is 0 Å². The molecular weight excluding hydrogens is 420 g/mol. The number of carbonyl (C=O) groups is 2. The lowest BCUT2D eigenvalue weighted by Crippen LogP contribution is -2.37. The average molecular weight is 445 g/mol. The SMILES string of the molecule is CC(=O)Nc1ccc(NC(=O)CSc2nc3c(c(=O)n(C)c(=O)n3C)n2C(C)C)cc1. The number of hydrogen-bond acceptors (Lipinski definition) is 6. The van der Waals surface area contributed by atoms with E-state index >= 15 is 0 Å². The normalized spacial score (nSPS) is 11.2. The predicted octanol–water partition coefficient (Wildman–Crippen LogP) is 1.70. The van der Waals surface area contributed by atoms with E-state index in [4.69, 9.17) is 0 Å². The summed E-state index contributed by atoms with van der Waals surface area (Å²) in [5, 5.41) is 5.93. The number of carbonyl (C=O) groups excluding carboxylic acids is 2. The molecule has 0 aliphatic rings. The molecule has 0 aliphatic heterocycles. The maximum Gasteiger partial charge on any atom is 0.332 e. The van der Waals surface area contributed by atoms with Crippen LogP contribution in [0.5, 0.6) is 0 Å². The Morgan fingerprint density at radius 1 is 1.03 bits per heavy atom. The lowest BCUT2D eigenvalue weighted by atomic mass is 10.3. The molecule has 0 saturated heterocycles. The molecule has 31 heavy (non-hydrogen) atoms. The predicted molar refractivity (Wildman–Crippen MR) is 121 cm³/mol. The zero-order valence-electron chi connectivity index (χ0n) is 17.9. The fraction of sp³-hybridized carbons (Fsp3) is 0.350. The Balaban J connectivity index is 1.81. The van der Waals surface area contributed by atoms with Crippen LogP contribution in [0.4, 0.5) is 11.4 Å². The van der Waals surface area contributed by atoms with Crippen molar-refractivity contribution >= 4 is 46.1 Å². The molecule has 0 spiro atoms. The van der Waals surface area contributed by atoms with Crippen molar-refractivity contribution in [2.24, 2.45) is 14.1 Å². The van der Waals surface area contributed by atoms with Gasteiger partial charge in [-0.05, 0) is 38.1 Å². The van der Waals surface area contributed by atoms with E-state index < -0.39 is 11.2 Å². The van der Waals surface area contributed by atoms with Crippen molar-refractivity contribution in [1.29, 1.82) is 0 Å². The standard InChI is InChI=1S/C20H24N6O4S/c1-11(2)26-16-17(24(4)20(30)25(5)18(16)29)23-19(26)31-10-15(28)22-14-8-6-13(7-9-14)21-12(3)27/h6-9,11H,10H2,1-5H3,(H,21,27)(H,22,28). The van der Waals surface area contributed by atoms with Gasteiger partial charge in [0.05, 0.1) is 5.75 Å². The minimum atomic E-state index is -0.456. The molecule has 10 nitrogen and oxygen atoms in total. The highest BCUT2D eigenvalue weighted by Gasteiger charge is 2.21. The minimum Gasteiger partial charge on any atom is -0.326 e. The molecule has 0 aliphatic carbocycles. The smallest absolute Gasteiger partial charge is 0.326 e. The summed E-state index contributed by atoms with van der Waals surface area (Å²) < 4.78 is 4.13. The summed E-state index contributed by atoms with van der Waals surface area (Å²) >= 11 is 1.19. The second-order valence-corrected chi connectivity index (χ2v) is 8.27. The largest absolute Gasteiger partial charge is 0.332 e. The van der Waals surface area contributed by atoms with Crippen molar-refractivity contribution in [2.45, 2.75) is 32.0 Å². The van der Waals surface area contributed by atoms with E-state index in [0.29, 0.717) is 27.7 Å². The summed E-state index contributed by atoms with van der Waals surface area (Å²) in [7, 11) is 2.99. The van der Waals surface area contributed by atoms with Crippen LogP contribution in [0.15, 0.2) is 39.0 Å². The molecule has 2 aromatic heterocycles. The molecule has 2 N–H and O–H groups in total. The molecule has 2 amide bonds. The van der Waals surface area contributed by atoms with Gasteiger partial charge in [0.1, 0.15) is 0 Å². The molecular formula is C20H24N6O4S. The molecule has 0 saturated carbocycles. The Labute approximate surface area is 182 Å². The van der Waals surface area contributed by atoms with Crippen LogP contribution >= 0.6 is 11.8 Å². The number of benzene rings is 1. The van der Waals surface area contributed by atoms with Crippen LogP contribution in [0.2, 0.25) is 0 Å². The number of amides is 2. The van der Waals surface area contributed by atoms with E-state index in [9.17, 15) is 19.2 Å². The van der Waals surface area contributed by atoms with Crippen LogP contribution in [0.3, 0.4) is 0 Å². The first-order valence-electron chi connectivity index (χ1n) is 9.58. The second-order valence-electron chi connectivity index (χ2n) is 7.33. The van der Waals surface area contributed by atoms with E-state index in [1.165, 1.54) is 30.3 Å². The van der Waals surface area contributed by atoms with E-state index in [1.807, 2.05) is 13.8 Å². The number of anilines is 2. The lowest BCUT2D eigenvalue weighted by Gasteiger charge is -2.12. The van der Waals surface area contributed by atoms with Crippen molar-refractivity contribution in [3.8, 4) is 0 Å². The Hall–Kier alpha value is -3.34. The zero-order valence-corrected chi connectivity index (χ0v) is 18.7. The highest BCUT2D eigenvalue weighted by Crippen LogP contribution is 2.25. The fourth-order valence-corrected chi connectivity index (χ4v) is 4.07. The molecule has 2 heterocycles. The molecule has 3 aromatic rings. The summed E-state index contributed by atoms with van der Waals surface area (Å²) in [6.07, 6.45) is 0. The van der Waals surface area contributed by atoms with Crippen LogP contribution in [0, 0.1) is 0 Å².